The van der Waals surface area contributed by atoms with Gasteiger partial charge in [0.05, 0.1) is 35.2 Å². The van der Waals surface area contributed by atoms with Gasteiger partial charge in [-0.15, -0.1) is 0 Å². The van der Waals surface area contributed by atoms with Crippen molar-refractivity contribution in [3.63, 3.8) is 0 Å². The first kappa shape index (κ1) is 27.8. The molecule has 0 aliphatic carbocycles. The van der Waals surface area contributed by atoms with Gasteiger partial charge < -0.3 is 21.1 Å². The Morgan fingerprint density at radius 2 is 1.89 bits per heavy atom. The van der Waals surface area contributed by atoms with E-state index >= 15 is 4.39 Å². The van der Waals surface area contributed by atoms with Crippen molar-refractivity contribution >= 4 is 23.1 Å². The summed E-state index contributed by atoms with van der Waals surface area (Å²) >= 11 is 6.56. The van der Waals surface area contributed by atoms with E-state index in [9.17, 15) is 4.79 Å². The Kier molecular flexibility index (Phi) is 9.14. The molecule has 10 heteroatoms. The summed E-state index contributed by atoms with van der Waals surface area (Å²) in [6.07, 6.45) is 8.42. The number of nitrogens with zero attached hydrogens (tertiary/aromatic N) is 4. The second-order valence-corrected chi connectivity index (χ2v) is 9.82. The highest BCUT2D eigenvalue weighted by Crippen LogP contribution is 2.34. The molecule has 2 aliphatic rings. The summed E-state index contributed by atoms with van der Waals surface area (Å²) in [6, 6.07) is 3.28. The molecule has 1 aromatic heterocycles. The van der Waals surface area contributed by atoms with E-state index in [-0.39, 0.29) is 10.6 Å². The minimum Gasteiger partial charge on any atom is -0.404 e. The largest absolute Gasteiger partial charge is 0.404 e. The second-order valence-electron chi connectivity index (χ2n) is 9.41. The lowest BCUT2D eigenvalue weighted by molar-refractivity contribution is 0.00154. The summed E-state index contributed by atoms with van der Waals surface area (Å²) in [6.45, 7) is 10.0. The zero-order valence-corrected chi connectivity index (χ0v) is 22.4. The van der Waals surface area contributed by atoms with Crippen LogP contribution in [0.4, 0.5) is 4.39 Å². The first-order valence-electron chi connectivity index (χ1n) is 12.8. The molecule has 4 N–H and O–H groups in total. The number of allylic oxidation sites excluding steroid dienone is 3. The van der Waals surface area contributed by atoms with E-state index in [0.29, 0.717) is 53.6 Å². The normalized spacial score (nSPS) is 17.8. The van der Waals surface area contributed by atoms with Crippen molar-refractivity contribution in [2.75, 3.05) is 39.4 Å². The van der Waals surface area contributed by atoms with Crippen LogP contribution in [0.1, 0.15) is 41.4 Å². The first-order chi connectivity index (χ1) is 18.3. The summed E-state index contributed by atoms with van der Waals surface area (Å²) in [7, 11) is 0. The molecule has 0 radical (unpaired) electrons. The van der Waals surface area contributed by atoms with Crippen molar-refractivity contribution in [1.82, 2.24) is 19.8 Å². The number of morpholine rings is 1. The molecular formula is C28H34ClFN6O2. The minimum absolute atomic E-state index is 0.0343. The third-order valence-electron chi connectivity index (χ3n) is 7.05. The molecule has 8 nitrogen and oxygen atoms in total. The van der Waals surface area contributed by atoms with Gasteiger partial charge in [-0.2, -0.15) is 0 Å². The molecule has 202 valence electrons. The van der Waals surface area contributed by atoms with E-state index in [2.05, 4.69) is 21.4 Å². The number of ether oxygens (including phenoxy) is 1. The van der Waals surface area contributed by atoms with Crippen molar-refractivity contribution in [3.05, 3.63) is 76.7 Å². The van der Waals surface area contributed by atoms with Crippen LogP contribution in [0.25, 0.3) is 16.8 Å². The molecular weight excluding hydrogens is 507 g/mol. The SMILES string of the molecule is C=C(N)/C=C\C(=C/N)c1c(CC)ncnc1-c1cc(F)c(C(=O)N2CCC(N3CCOCC3)CC2)c(Cl)c1. The van der Waals surface area contributed by atoms with E-state index in [0.717, 1.165) is 44.8 Å². The lowest BCUT2D eigenvalue weighted by Gasteiger charge is -2.40. The van der Waals surface area contributed by atoms with Crippen LogP contribution in [0.3, 0.4) is 0 Å². The predicted octanol–water partition coefficient (Wildman–Crippen LogP) is 3.76. The maximum atomic E-state index is 15.5. The van der Waals surface area contributed by atoms with E-state index in [1.807, 2.05) is 6.92 Å². The standard InChI is InChI=1S/C28H34ClFN6O2/c1-3-24-25(19(16-31)5-4-18(2)32)27(34-17-33-24)20-14-22(29)26(23(30)15-20)28(37)36-8-6-21(7-9-36)35-10-12-38-13-11-35/h4-5,14-17,21H,2-3,6-13,31-32H2,1H3/b5-4-,19-16+. The van der Waals surface area contributed by atoms with Crippen LogP contribution >= 0.6 is 11.6 Å². The Morgan fingerprint density at radius 3 is 2.50 bits per heavy atom. The molecule has 2 saturated heterocycles. The van der Waals surface area contributed by atoms with E-state index < -0.39 is 11.7 Å². The highest BCUT2D eigenvalue weighted by molar-refractivity contribution is 6.34. The number of halogens is 2. The molecule has 1 aromatic carbocycles. The maximum absolute atomic E-state index is 15.5. The Morgan fingerprint density at radius 1 is 1.18 bits per heavy atom. The Labute approximate surface area is 227 Å². The lowest BCUT2D eigenvalue weighted by atomic mass is 9.95. The number of aryl methyl sites for hydroxylation is 1. The van der Waals surface area contributed by atoms with Gasteiger partial charge in [-0.3, -0.25) is 9.69 Å². The fourth-order valence-electron chi connectivity index (χ4n) is 5.08. The van der Waals surface area contributed by atoms with Crippen molar-refractivity contribution in [1.29, 1.82) is 0 Å². The molecule has 3 heterocycles. The van der Waals surface area contributed by atoms with Gasteiger partial charge in [-0.05, 0) is 37.5 Å². The number of likely N-dealkylation sites (tertiary alicyclic amines) is 1. The molecule has 0 saturated carbocycles. The summed E-state index contributed by atoms with van der Waals surface area (Å²) in [5.41, 5.74) is 14.7. The molecule has 2 fully saturated rings. The summed E-state index contributed by atoms with van der Waals surface area (Å²) in [5, 5.41) is 0.0343. The van der Waals surface area contributed by atoms with Crippen LogP contribution in [-0.4, -0.2) is 71.1 Å². The molecule has 2 aromatic rings. The van der Waals surface area contributed by atoms with Crippen LogP contribution in [0.5, 0.6) is 0 Å². The fraction of sp³-hybridized carbons (Fsp3) is 0.393. The minimum atomic E-state index is -0.695. The third-order valence-corrected chi connectivity index (χ3v) is 7.35. The summed E-state index contributed by atoms with van der Waals surface area (Å²) < 4.78 is 21.0. The quantitative estimate of drug-likeness (QED) is 0.514. The molecule has 4 rings (SSSR count). The van der Waals surface area contributed by atoms with Crippen molar-refractivity contribution in [2.45, 2.75) is 32.2 Å². The number of benzene rings is 1. The third kappa shape index (κ3) is 6.06. The molecule has 0 atom stereocenters. The zero-order chi connectivity index (χ0) is 27.2. The van der Waals surface area contributed by atoms with E-state index in [1.54, 1.807) is 23.1 Å². The number of amides is 1. The number of aromatic nitrogens is 2. The summed E-state index contributed by atoms with van der Waals surface area (Å²) in [4.78, 5) is 26.2. The first-order valence-corrected chi connectivity index (χ1v) is 13.2. The topological polar surface area (TPSA) is 111 Å². The number of hydrogen-bond donors (Lipinski definition) is 2. The maximum Gasteiger partial charge on any atom is 0.258 e. The number of carbonyl (C=O) groups excluding carboxylic acids is 1. The van der Waals surface area contributed by atoms with E-state index in [4.69, 9.17) is 27.8 Å². The smallest absolute Gasteiger partial charge is 0.258 e. The summed E-state index contributed by atoms with van der Waals surface area (Å²) in [5.74, 6) is -1.09. The predicted molar refractivity (Wildman–Crippen MR) is 148 cm³/mol. The average Bonchev–Trinajstić information content (AvgIpc) is 2.93. The van der Waals surface area contributed by atoms with Gasteiger partial charge in [0.1, 0.15) is 12.1 Å². The Hall–Kier alpha value is -3.27. The molecule has 38 heavy (non-hydrogen) atoms. The van der Waals surface area contributed by atoms with Crippen LogP contribution in [0.15, 0.2) is 49.1 Å². The number of hydrogen-bond acceptors (Lipinski definition) is 7. The van der Waals surface area contributed by atoms with Gasteiger partial charge >= 0.3 is 0 Å². The molecule has 2 aliphatic heterocycles. The number of piperidine rings is 1. The highest BCUT2D eigenvalue weighted by Gasteiger charge is 2.30. The van der Waals surface area contributed by atoms with Crippen LogP contribution in [-0.2, 0) is 11.2 Å². The van der Waals surface area contributed by atoms with Gasteiger partial charge in [-0.1, -0.05) is 31.2 Å². The lowest BCUT2D eigenvalue weighted by Crippen LogP contribution is -2.50. The van der Waals surface area contributed by atoms with Gasteiger partial charge in [0, 0.05) is 60.8 Å². The highest BCUT2D eigenvalue weighted by atomic mass is 35.5. The van der Waals surface area contributed by atoms with Gasteiger partial charge in [0.15, 0.2) is 0 Å². The van der Waals surface area contributed by atoms with Gasteiger partial charge in [0.25, 0.3) is 5.91 Å². The second kappa shape index (κ2) is 12.5. The zero-order valence-electron chi connectivity index (χ0n) is 21.6. The van der Waals surface area contributed by atoms with E-state index in [1.165, 1.54) is 18.6 Å². The Balaban J connectivity index is 1.61. The number of nitrogens with two attached hydrogens (primary N) is 2. The molecule has 1 amide bonds. The van der Waals surface area contributed by atoms with Crippen molar-refractivity contribution in [3.8, 4) is 11.3 Å². The van der Waals surface area contributed by atoms with Gasteiger partial charge in [-0.25, -0.2) is 14.4 Å². The average molecular weight is 541 g/mol. The van der Waals surface area contributed by atoms with Gasteiger partial charge in [0.2, 0.25) is 0 Å². The molecule has 0 unspecified atom stereocenters. The van der Waals surface area contributed by atoms with Crippen LogP contribution < -0.4 is 11.5 Å². The van der Waals surface area contributed by atoms with Crippen LogP contribution in [0, 0.1) is 5.82 Å². The monoisotopic (exact) mass is 540 g/mol. The number of rotatable bonds is 7. The van der Waals surface area contributed by atoms with Crippen molar-refractivity contribution in [2.24, 2.45) is 11.5 Å². The van der Waals surface area contributed by atoms with Crippen LogP contribution in [0.2, 0.25) is 5.02 Å². The molecule has 0 spiro atoms. The Bertz CT molecular complexity index is 1230. The van der Waals surface area contributed by atoms with Crippen molar-refractivity contribution < 1.29 is 13.9 Å². The fourth-order valence-corrected chi connectivity index (χ4v) is 5.37. The number of carbonyl (C=O) groups is 1. The molecule has 0 bridgehead atoms.